The van der Waals surface area contributed by atoms with Crippen molar-refractivity contribution in [3.63, 3.8) is 0 Å². The summed E-state index contributed by atoms with van der Waals surface area (Å²) >= 11 is 0. The first-order chi connectivity index (χ1) is 16.3. The van der Waals surface area contributed by atoms with Crippen molar-refractivity contribution in [2.45, 2.75) is 26.3 Å². The number of pyridine rings is 1. The number of aliphatic carboxylic acids is 1. The van der Waals surface area contributed by atoms with Crippen LogP contribution in [0.15, 0.2) is 41.9 Å². The zero-order valence-electron chi connectivity index (χ0n) is 19.3. The summed E-state index contributed by atoms with van der Waals surface area (Å²) in [5, 5.41) is 22.0. The molecule has 180 valence electrons. The largest absolute Gasteiger partial charge is 0.481 e. The normalized spacial score (nSPS) is 23.8. The first kappa shape index (κ1) is 23.6. The van der Waals surface area contributed by atoms with Crippen LogP contribution in [0.4, 0.5) is 5.82 Å². The maximum atomic E-state index is 13.0. The second-order valence-corrected chi connectivity index (χ2v) is 8.89. The third kappa shape index (κ3) is 4.56. The Balaban J connectivity index is 1.35. The number of oxime groups is 1. The van der Waals surface area contributed by atoms with Gasteiger partial charge in [-0.15, -0.1) is 0 Å². The monoisotopic (exact) mass is 467 g/mol. The van der Waals surface area contributed by atoms with E-state index in [4.69, 9.17) is 5.21 Å². The zero-order valence-corrected chi connectivity index (χ0v) is 19.3. The maximum absolute atomic E-state index is 13.0. The average molecular weight is 468 g/mol. The molecule has 0 radical (unpaired) electrons. The molecule has 34 heavy (non-hydrogen) atoms. The molecule has 0 aliphatic carbocycles. The molecule has 11 heteroatoms. The molecule has 2 aliphatic rings. The first-order valence-corrected chi connectivity index (χ1v) is 11.3. The molecule has 4 rings (SSSR count). The van der Waals surface area contributed by atoms with Gasteiger partial charge in [-0.25, -0.2) is 15.0 Å². The number of amides is 1. The molecule has 0 spiro atoms. The minimum atomic E-state index is -1.25. The minimum Gasteiger partial charge on any atom is -0.481 e. The molecule has 2 aromatic heterocycles. The van der Waals surface area contributed by atoms with Crippen molar-refractivity contribution in [1.82, 2.24) is 24.8 Å². The molecule has 1 amide bonds. The van der Waals surface area contributed by atoms with Gasteiger partial charge in [0, 0.05) is 62.9 Å². The summed E-state index contributed by atoms with van der Waals surface area (Å²) in [5.74, 6) is 0.399. The lowest BCUT2D eigenvalue weighted by Gasteiger charge is -2.41. The van der Waals surface area contributed by atoms with E-state index in [1.54, 1.807) is 24.7 Å². The van der Waals surface area contributed by atoms with Gasteiger partial charge >= 0.3 is 5.97 Å². The van der Waals surface area contributed by atoms with Crippen molar-refractivity contribution in [2.24, 2.45) is 10.6 Å². The summed E-state index contributed by atoms with van der Waals surface area (Å²) in [6.07, 6.45) is 5.45. The molecule has 11 nitrogen and oxygen atoms in total. The van der Waals surface area contributed by atoms with Gasteiger partial charge in [0.05, 0.1) is 12.3 Å². The molecule has 2 fully saturated rings. The molecular formula is C23H29N7O4. The maximum Gasteiger partial charge on any atom is 0.316 e. The molecule has 2 aromatic rings. The Morgan fingerprint density at radius 2 is 1.94 bits per heavy atom. The predicted molar refractivity (Wildman–Crippen MR) is 125 cm³/mol. The highest BCUT2D eigenvalue weighted by Crippen LogP contribution is 2.33. The first-order valence-electron chi connectivity index (χ1n) is 11.3. The van der Waals surface area contributed by atoms with Crippen molar-refractivity contribution in [3.8, 4) is 11.4 Å². The van der Waals surface area contributed by atoms with Crippen LogP contribution in [0.3, 0.4) is 0 Å². The van der Waals surface area contributed by atoms with Crippen molar-refractivity contribution < 1.29 is 19.9 Å². The number of carbonyl (C=O) groups excluding carboxylic acids is 1. The molecule has 2 unspecified atom stereocenters. The highest BCUT2D eigenvalue weighted by molar-refractivity contribution is 6.05. The molecule has 2 aliphatic heterocycles. The number of carboxylic acid groups (broad SMARTS) is 1. The highest BCUT2D eigenvalue weighted by Gasteiger charge is 2.48. The van der Waals surface area contributed by atoms with Gasteiger partial charge in [0.15, 0.2) is 5.82 Å². The van der Waals surface area contributed by atoms with Crippen molar-refractivity contribution in [2.75, 3.05) is 44.2 Å². The van der Waals surface area contributed by atoms with Crippen LogP contribution in [-0.2, 0) is 9.59 Å². The lowest BCUT2D eigenvalue weighted by Crippen LogP contribution is -2.56. The smallest absolute Gasteiger partial charge is 0.316 e. The van der Waals surface area contributed by atoms with Crippen LogP contribution in [0.1, 0.15) is 20.3 Å². The van der Waals surface area contributed by atoms with Gasteiger partial charge in [0.2, 0.25) is 5.91 Å². The second-order valence-electron chi connectivity index (χ2n) is 8.89. The average Bonchev–Trinajstić information content (AvgIpc) is 3.29. The number of anilines is 1. The van der Waals surface area contributed by atoms with Crippen LogP contribution < -0.4 is 4.90 Å². The van der Waals surface area contributed by atoms with E-state index in [1.165, 1.54) is 6.92 Å². The van der Waals surface area contributed by atoms with Gasteiger partial charge in [-0.2, -0.15) is 0 Å². The Bertz CT molecular complexity index is 1060. The van der Waals surface area contributed by atoms with Gasteiger partial charge in [0.1, 0.15) is 11.2 Å². The number of hydrogen-bond donors (Lipinski definition) is 2. The molecule has 0 bridgehead atoms. The Hall–Kier alpha value is -3.60. The van der Waals surface area contributed by atoms with E-state index in [0.29, 0.717) is 38.4 Å². The fourth-order valence-corrected chi connectivity index (χ4v) is 4.72. The minimum absolute atomic E-state index is 0.0206. The van der Waals surface area contributed by atoms with Crippen LogP contribution in [0.25, 0.3) is 11.4 Å². The standard InChI is InChI=1S/C23H29N7O4/c1-16-13-29(19-5-4-18(12-26-19)21-24-7-3-8-25-21)10-11-30(16)20(31)14-28-9-6-23(15-28,22(32)33)17(2)27-34/h3-5,7-8,12,16,34H,6,9-11,13-15H2,1-2H3,(H,32,33). The Morgan fingerprint density at radius 1 is 1.18 bits per heavy atom. The van der Waals surface area contributed by atoms with E-state index >= 15 is 0 Å². The van der Waals surface area contributed by atoms with Crippen LogP contribution in [-0.4, -0.2) is 98.0 Å². The second kappa shape index (κ2) is 9.72. The highest BCUT2D eigenvalue weighted by atomic mass is 16.4. The van der Waals surface area contributed by atoms with Crippen LogP contribution in [0.5, 0.6) is 0 Å². The third-order valence-corrected chi connectivity index (χ3v) is 6.80. The van der Waals surface area contributed by atoms with Crippen molar-refractivity contribution in [3.05, 3.63) is 36.8 Å². The van der Waals surface area contributed by atoms with Crippen LogP contribution in [0, 0.1) is 5.41 Å². The fraction of sp³-hybridized carbons (Fsp3) is 0.478. The number of piperazine rings is 1. The Morgan fingerprint density at radius 3 is 2.56 bits per heavy atom. The molecule has 0 aromatic carbocycles. The van der Waals surface area contributed by atoms with E-state index in [1.807, 2.05) is 28.9 Å². The number of carboxylic acids is 1. The number of hydrogen-bond acceptors (Lipinski definition) is 9. The topological polar surface area (TPSA) is 135 Å². The molecular weight excluding hydrogens is 438 g/mol. The molecule has 0 saturated carbocycles. The van der Waals surface area contributed by atoms with Crippen LogP contribution in [0.2, 0.25) is 0 Å². The van der Waals surface area contributed by atoms with Crippen molar-refractivity contribution in [1.29, 1.82) is 0 Å². The summed E-state index contributed by atoms with van der Waals surface area (Å²) in [7, 11) is 0. The van der Waals surface area contributed by atoms with Gasteiger partial charge in [-0.3, -0.25) is 14.5 Å². The Labute approximate surface area is 197 Å². The number of nitrogens with zero attached hydrogens (tertiary/aromatic N) is 7. The molecule has 2 atom stereocenters. The zero-order chi connectivity index (χ0) is 24.3. The van der Waals surface area contributed by atoms with E-state index in [9.17, 15) is 14.7 Å². The lowest BCUT2D eigenvalue weighted by molar-refractivity contribution is -0.144. The van der Waals surface area contributed by atoms with Gasteiger partial charge in [-0.05, 0) is 38.5 Å². The molecule has 4 heterocycles. The number of aromatic nitrogens is 3. The van der Waals surface area contributed by atoms with Crippen molar-refractivity contribution >= 4 is 23.4 Å². The van der Waals surface area contributed by atoms with Gasteiger partial charge < -0.3 is 20.1 Å². The summed E-state index contributed by atoms with van der Waals surface area (Å²) in [6.45, 7) is 6.12. The molecule has 2 N–H and O–H groups in total. The van der Waals surface area contributed by atoms with E-state index in [2.05, 4.69) is 25.0 Å². The lowest BCUT2D eigenvalue weighted by atomic mass is 9.83. The summed E-state index contributed by atoms with van der Waals surface area (Å²) in [5.41, 5.74) is -0.243. The van der Waals surface area contributed by atoms with Gasteiger partial charge in [-0.1, -0.05) is 5.16 Å². The number of likely N-dealkylation sites (tertiary alicyclic amines) is 1. The predicted octanol–water partition coefficient (Wildman–Crippen LogP) is 1.20. The fourth-order valence-electron chi connectivity index (χ4n) is 4.72. The Kier molecular flexibility index (Phi) is 6.73. The quantitative estimate of drug-likeness (QED) is 0.365. The van der Waals surface area contributed by atoms with E-state index < -0.39 is 11.4 Å². The molecule has 2 saturated heterocycles. The number of rotatable bonds is 6. The SMILES string of the molecule is CC(=NO)C1(C(=O)O)CCN(CC(=O)N2CCN(c3ccc(-c4ncccn4)cn3)CC2C)C1. The van der Waals surface area contributed by atoms with E-state index in [-0.39, 0.29) is 30.8 Å². The number of carbonyl (C=O) groups is 2. The van der Waals surface area contributed by atoms with E-state index in [0.717, 1.165) is 11.4 Å². The summed E-state index contributed by atoms with van der Waals surface area (Å²) < 4.78 is 0. The van der Waals surface area contributed by atoms with Gasteiger partial charge in [0.25, 0.3) is 0 Å². The summed E-state index contributed by atoms with van der Waals surface area (Å²) in [4.78, 5) is 43.8. The third-order valence-electron chi connectivity index (χ3n) is 6.80. The van der Waals surface area contributed by atoms with Crippen LogP contribution >= 0.6 is 0 Å². The summed E-state index contributed by atoms with van der Waals surface area (Å²) in [6, 6.07) is 5.63.